The highest BCUT2D eigenvalue weighted by Gasteiger charge is 2.39. The van der Waals surface area contributed by atoms with Crippen molar-refractivity contribution in [2.24, 2.45) is 5.73 Å². The van der Waals surface area contributed by atoms with Crippen LogP contribution in [0.3, 0.4) is 0 Å². The number of piperidine rings is 1. The van der Waals surface area contributed by atoms with Crippen LogP contribution in [0.5, 0.6) is 0 Å². The molecule has 1 amide bonds. The van der Waals surface area contributed by atoms with Crippen LogP contribution in [-0.2, 0) is 9.59 Å². The first-order valence-corrected chi connectivity index (χ1v) is 4.86. The number of carboxylic acids is 1. The van der Waals surface area contributed by atoms with Crippen LogP contribution in [0, 0.1) is 0 Å². The second-order valence-corrected chi connectivity index (χ2v) is 3.95. The number of aliphatic hydroxyl groups is 1. The summed E-state index contributed by atoms with van der Waals surface area (Å²) in [6.07, 6.45) is 0.389. The Kier molecular flexibility index (Phi) is 3.31. The maximum Gasteiger partial charge on any atom is 0.320 e. The molecule has 0 aromatic heterocycles. The van der Waals surface area contributed by atoms with Crippen LogP contribution in [0.2, 0.25) is 0 Å². The molecule has 1 aliphatic rings. The predicted molar refractivity (Wildman–Crippen MR) is 52.0 cm³/mol. The zero-order valence-corrected chi connectivity index (χ0v) is 8.64. The van der Waals surface area contributed by atoms with Crippen LogP contribution in [0.4, 0.5) is 0 Å². The molecule has 1 saturated heterocycles. The van der Waals surface area contributed by atoms with Crippen molar-refractivity contribution in [2.75, 3.05) is 13.1 Å². The molecule has 1 fully saturated rings. The van der Waals surface area contributed by atoms with Crippen LogP contribution >= 0.6 is 0 Å². The zero-order chi connectivity index (χ0) is 11.6. The molecule has 1 rings (SSSR count). The Morgan fingerprint density at radius 2 is 1.87 bits per heavy atom. The Morgan fingerprint density at radius 1 is 1.40 bits per heavy atom. The molecular formula is C9H16N2O4. The first kappa shape index (κ1) is 11.9. The molecule has 1 atom stereocenters. The van der Waals surface area contributed by atoms with Gasteiger partial charge >= 0.3 is 5.97 Å². The predicted octanol–water partition coefficient (Wildman–Crippen LogP) is -1.23. The van der Waals surface area contributed by atoms with Gasteiger partial charge < -0.3 is 15.9 Å². The molecule has 1 aliphatic heterocycles. The Hall–Kier alpha value is -1.14. The van der Waals surface area contributed by atoms with E-state index in [-0.39, 0.29) is 12.8 Å². The van der Waals surface area contributed by atoms with Crippen molar-refractivity contribution < 1.29 is 19.8 Å². The number of carbonyl (C=O) groups excluding carboxylic acids is 1. The van der Waals surface area contributed by atoms with Gasteiger partial charge in [0, 0.05) is 13.1 Å². The van der Waals surface area contributed by atoms with E-state index in [4.69, 9.17) is 10.8 Å². The van der Waals surface area contributed by atoms with Gasteiger partial charge in [0.25, 0.3) is 0 Å². The molecule has 6 nitrogen and oxygen atoms in total. The van der Waals surface area contributed by atoms with E-state index in [9.17, 15) is 14.7 Å². The van der Waals surface area contributed by atoms with E-state index >= 15 is 0 Å². The minimum absolute atomic E-state index is 0.194. The van der Waals surface area contributed by atoms with Crippen molar-refractivity contribution in [2.45, 2.75) is 31.4 Å². The minimum atomic E-state index is -1.46. The highest BCUT2D eigenvalue weighted by Crippen LogP contribution is 2.22. The fraction of sp³-hybridized carbons (Fsp3) is 0.778. The van der Waals surface area contributed by atoms with Gasteiger partial charge in [-0.05, 0) is 19.8 Å². The van der Waals surface area contributed by atoms with Crippen molar-refractivity contribution in [1.29, 1.82) is 0 Å². The van der Waals surface area contributed by atoms with E-state index in [1.165, 1.54) is 0 Å². The largest absolute Gasteiger partial charge is 0.480 e. The summed E-state index contributed by atoms with van der Waals surface area (Å²) in [6.45, 7) is 2.32. The Labute approximate surface area is 87.7 Å². The number of carboxylic acid groups (broad SMARTS) is 1. The number of carbonyl (C=O) groups is 2. The molecule has 0 saturated carbocycles. The first-order chi connectivity index (χ1) is 6.87. The van der Waals surface area contributed by atoms with Crippen LogP contribution in [0.15, 0.2) is 0 Å². The highest BCUT2D eigenvalue weighted by molar-refractivity contribution is 5.83. The fourth-order valence-electron chi connectivity index (χ4n) is 1.68. The lowest BCUT2D eigenvalue weighted by molar-refractivity contribution is -0.147. The van der Waals surface area contributed by atoms with Gasteiger partial charge in [-0.3, -0.25) is 14.5 Å². The van der Waals surface area contributed by atoms with Gasteiger partial charge in [0.1, 0.15) is 11.6 Å². The molecule has 6 heteroatoms. The summed E-state index contributed by atoms with van der Waals surface area (Å²) >= 11 is 0. The summed E-state index contributed by atoms with van der Waals surface area (Å²) in [6, 6.07) is -0.595. The standard InChI is InChI=1S/C9H16N2O4/c1-6(7(12)13)11-4-2-9(15,3-5-11)8(10)14/h6,15H,2-5H2,1H3,(H2,10,14)(H,12,13). The molecule has 0 bridgehead atoms. The maximum atomic E-state index is 10.9. The summed E-state index contributed by atoms with van der Waals surface area (Å²) in [5.41, 5.74) is 3.60. The van der Waals surface area contributed by atoms with E-state index < -0.39 is 23.5 Å². The van der Waals surface area contributed by atoms with Crippen LogP contribution in [0.1, 0.15) is 19.8 Å². The second-order valence-electron chi connectivity index (χ2n) is 3.95. The van der Waals surface area contributed by atoms with E-state index in [0.717, 1.165) is 0 Å². The molecule has 0 radical (unpaired) electrons. The van der Waals surface area contributed by atoms with Gasteiger partial charge in [-0.25, -0.2) is 0 Å². The summed E-state index contributed by atoms with van der Waals surface area (Å²) in [5.74, 6) is -1.63. The third-order valence-electron chi connectivity index (χ3n) is 2.99. The third kappa shape index (κ3) is 2.45. The number of hydrogen-bond donors (Lipinski definition) is 3. The summed E-state index contributed by atoms with van der Waals surface area (Å²) < 4.78 is 0. The lowest BCUT2D eigenvalue weighted by Gasteiger charge is -2.37. The maximum absolute atomic E-state index is 10.9. The lowest BCUT2D eigenvalue weighted by Crippen LogP contribution is -2.54. The number of rotatable bonds is 3. The number of primary amides is 1. The van der Waals surface area contributed by atoms with Crippen molar-refractivity contribution >= 4 is 11.9 Å². The van der Waals surface area contributed by atoms with E-state index in [1.807, 2.05) is 0 Å². The smallest absolute Gasteiger partial charge is 0.320 e. The lowest BCUT2D eigenvalue weighted by atomic mass is 9.90. The third-order valence-corrected chi connectivity index (χ3v) is 2.99. The molecule has 1 unspecified atom stereocenters. The topological polar surface area (TPSA) is 104 Å². The summed E-state index contributed by atoms with van der Waals surface area (Å²) in [4.78, 5) is 23.3. The average Bonchev–Trinajstić information content (AvgIpc) is 2.17. The van der Waals surface area contributed by atoms with Gasteiger partial charge in [0.05, 0.1) is 0 Å². The summed E-state index contributed by atoms with van der Waals surface area (Å²) in [5, 5.41) is 18.5. The number of amides is 1. The van der Waals surface area contributed by atoms with Gasteiger partial charge in [-0.2, -0.15) is 0 Å². The highest BCUT2D eigenvalue weighted by atomic mass is 16.4. The molecule has 4 N–H and O–H groups in total. The van der Waals surface area contributed by atoms with Crippen LogP contribution in [-0.4, -0.2) is 51.7 Å². The number of nitrogens with two attached hydrogens (primary N) is 1. The first-order valence-electron chi connectivity index (χ1n) is 4.86. The van der Waals surface area contributed by atoms with Gasteiger partial charge in [-0.1, -0.05) is 0 Å². The van der Waals surface area contributed by atoms with Gasteiger partial charge in [0.15, 0.2) is 0 Å². The van der Waals surface area contributed by atoms with Gasteiger partial charge in [0.2, 0.25) is 5.91 Å². The molecule has 0 spiro atoms. The number of likely N-dealkylation sites (tertiary alicyclic amines) is 1. The Bertz CT molecular complexity index is 271. The minimum Gasteiger partial charge on any atom is -0.480 e. The number of aliphatic carboxylic acids is 1. The molecule has 86 valence electrons. The van der Waals surface area contributed by atoms with Crippen molar-refractivity contribution in [3.8, 4) is 0 Å². The van der Waals surface area contributed by atoms with E-state index in [0.29, 0.717) is 13.1 Å². The average molecular weight is 216 g/mol. The van der Waals surface area contributed by atoms with Crippen LogP contribution in [0.25, 0.3) is 0 Å². The molecule has 0 aromatic rings. The van der Waals surface area contributed by atoms with E-state index in [2.05, 4.69) is 0 Å². The van der Waals surface area contributed by atoms with Gasteiger partial charge in [-0.15, -0.1) is 0 Å². The van der Waals surface area contributed by atoms with E-state index in [1.54, 1.807) is 11.8 Å². The van der Waals surface area contributed by atoms with Crippen molar-refractivity contribution in [3.63, 3.8) is 0 Å². The van der Waals surface area contributed by atoms with Crippen molar-refractivity contribution in [3.05, 3.63) is 0 Å². The Balaban J connectivity index is 2.56. The monoisotopic (exact) mass is 216 g/mol. The zero-order valence-electron chi connectivity index (χ0n) is 8.64. The molecule has 1 heterocycles. The fourth-order valence-corrected chi connectivity index (χ4v) is 1.68. The summed E-state index contributed by atoms with van der Waals surface area (Å²) in [7, 11) is 0. The normalized spacial score (nSPS) is 23.3. The molecule has 0 aliphatic carbocycles. The van der Waals surface area contributed by atoms with Crippen molar-refractivity contribution in [1.82, 2.24) is 4.90 Å². The van der Waals surface area contributed by atoms with Crippen LogP contribution < -0.4 is 5.73 Å². The second kappa shape index (κ2) is 4.16. The molecule has 0 aromatic carbocycles. The SMILES string of the molecule is CC(C(=O)O)N1CCC(O)(C(N)=O)CC1. The number of hydrogen-bond acceptors (Lipinski definition) is 4. The molecule has 15 heavy (non-hydrogen) atoms. The number of nitrogens with zero attached hydrogens (tertiary/aromatic N) is 1. The molecular weight excluding hydrogens is 200 g/mol. The quantitative estimate of drug-likeness (QED) is 0.548. The Morgan fingerprint density at radius 3 is 2.20 bits per heavy atom.